The highest BCUT2D eigenvalue weighted by Gasteiger charge is 2.23. The molecule has 1 N–H and O–H groups in total. The number of nitrogens with zero attached hydrogens (tertiary/aromatic N) is 3. The van der Waals surface area contributed by atoms with Crippen LogP contribution < -0.4 is 5.32 Å². The SMILES string of the molecule is C=CC(C)(CNCC(C)C)Cc1ncnn1CC. The van der Waals surface area contributed by atoms with Crippen LogP contribution in [0.25, 0.3) is 0 Å². The van der Waals surface area contributed by atoms with Gasteiger partial charge in [-0.25, -0.2) is 4.98 Å². The van der Waals surface area contributed by atoms with Gasteiger partial charge in [-0.05, 0) is 19.4 Å². The van der Waals surface area contributed by atoms with E-state index < -0.39 is 0 Å². The molecule has 0 aliphatic rings. The van der Waals surface area contributed by atoms with Crippen molar-refractivity contribution in [3.63, 3.8) is 0 Å². The number of aryl methyl sites for hydroxylation is 1. The summed E-state index contributed by atoms with van der Waals surface area (Å²) in [6, 6.07) is 0. The van der Waals surface area contributed by atoms with E-state index in [1.54, 1.807) is 6.33 Å². The molecule has 0 saturated heterocycles. The van der Waals surface area contributed by atoms with Gasteiger partial charge in [-0.2, -0.15) is 5.10 Å². The lowest BCUT2D eigenvalue weighted by atomic mass is 9.86. The van der Waals surface area contributed by atoms with Crippen molar-refractivity contribution in [1.29, 1.82) is 0 Å². The topological polar surface area (TPSA) is 42.7 Å². The standard InChI is InChI=1S/C14H26N4/c1-6-14(5,10-15-9-12(3)4)8-13-16-11-17-18(13)7-2/h6,11-12,15H,1,7-10H2,2-5H3. The van der Waals surface area contributed by atoms with Crippen LogP contribution in [0.1, 0.15) is 33.5 Å². The highest BCUT2D eigenvalue weighted by molar-refractivity contribution is 5.01. The van der Waals surface area contributed by atoms with E-state index in [0.29, 0.717) is 5.92 Å². The van der Waals surface area contributed by atoms with Crippen molar-refractivity contribution in [2.75, 3.05) is 13.1 Å². The molecule has 0 spiro atoms. The number of hydrogen-bond acceptors (Lipinski definition) is 3. The summed E-state index contributed by atoms with van der Waals surface area (Å²) in [6.45, 7) is 15.5. The Bertz CT molecular complexity index is 370. The van der Waals surface area contributed by atoms with Gasteiger partial charge in [0.25, 0.3) is 0 Å². The molecule has 102 valence electrons. The highest BCUT2D eigenvalue weighted by atomic mass is 15.3. The maximum Gasteiger partial charge on any atom is 0.138 e. The largest absolute Gasteiger partial charge is 0.316 e. The third-order valence-electron chi connectivity index (χ3n) is 3.13. The molecule has 1 unspecified atom stereocenters. The van der Waals surface area contributed by atoms with E-state index in [1.165, 1.54) is 0 Å². The van der Waals surface area contributed by atoms with Crippen LogP contribution in [0.3, 0.4) is 0 Å². The summed E-state index contributed by atoms with van der Waals surface area (Å²) < 4.78 is 1.95. The minimum absolute atomic E-state index is 0.0227. The Labute approximate surface area is 110 Å². The van der Waals surface area contributed by atoms with E-state index in [2.05, 4.69) is 49.7 Å². The lowest BCUT2D eigenvalue weighted by Gasteiger charge is -2.26. The Morgan fingerprint density at radius 1 is 1.56 bits per heavy atom. The lowest BCUT2D eigenvalue weighted by Crippen LogP contribution is -2.34. The molecule has 1 atom stereocenters. The van der Waals surface area contributed by atoms with Gasteiger partial charge >= 0.3 is 0 Å². The van der Waals surface area contributed by atoms with Crippen LogP contribution in [0.5, 0.6) is 0 Å². The average molecular weight is 250 g/mol. The third kappa shape index (κ3) is 4.26. The van der Waals surface area contributed by atoms with Crippen LogP contribution in [-0.4, -0.2) is 27.9 Å². The van der Waals surface area contributed by atoms with Gasteiger partial charge in [-0.3, -0.25) is 4.68 Å². The molecule has 0 amide bonds. The van der Waals surface area contributed by atoms with Crippen LogP contribution in [0.2, 0.25) is 0 Å². The summed E-state index contributed by atoms with van der Waals surface area (Å²) in [6.07, 6.45) is 4.52. The predicted octanol–water partition coefficient (Wildman–Crippen LogP) is 2.28. The Balaban J connectivity index is 2.61. The van der Waals surface area contributed by atoms with Gasteiger partial charge in [0.15, 0.2) is 0 Å². The van der Waals surface area contributed by atoms with Gasteiger partial charge in [-0.1, -0.05) is 26.8 Å². The Kier molecular flexibility index (Phi) is 5.54. The minimum atomic E-state index is 0.0227. The summed E-state index contributed by atoms with van der Waals surface area (Å²) in [5, 5.41) is 7.71. The molecule has 0 aliphatic carbocycles. The van der Waals surface area contributed by atoms with Crippen LogP contribution in [0.4, 0.5) is 0 Å². The van der Waals surface area contributed by atoms with E-state index in [0.717, 1.165) is 31.9 Å². The summed E-state index contributed by atoms with van der Waals surface area (Å²) >= 11 is 0. The molecular weight excluding hydrogens is 224 g/mol. The number of aromatic nitrogens is 3. The van der Waals surface area contributed by atoms with E-state index in [4.69, 9.17) is 0 Å². The normalized spacial score (nSPS) is 14.7. The van der Waals surface area contributed by atoms with Crippen molar-refractivity contribution in [1.82, 2.24) is 20.1 Å². The first-order valence-corrected chi connectivity index (χ1v) is 6.71. The zero-order chi connectivity index (χ0) is 13.6. The van der Waals surface area contributed by atoms with Gasteiger partial charge in [0.2, 0.25) is 0 Å². The molecule has 1 aromatic heterocycles. The van der Waals surface area contributed by atoms with E-state index in [9.17, 15) is 0 Å². The molecule has 18 heavy (non-hydrogen) atoms. The molecule has 4 heteroatoms. The summed E-state index contributed by atoms with van der Waals surface area (Å²) in [4.78, 5) is 4.34. The zero-order valence-electron chi connectivity index (χ0n) is 12.1. The molecule has 0 radical (unpaired) electrons. The quantitative estimate of drug-likeness (QED) is 0.720. The second-order valence-corrected chi connectivity index (χ2v) is 5.55. The molecule has 1 aromatic rings. The smallest absolute Gasteiger partial charge is 0.138 e. The monoisotopic (exact) mass is 250 g/mol. The van der Waals surface area contributed by atoms with Crippen molar-refractivity contribution >= 4 is 0 Å². The second kappa shape index (κ2) is 6.69. The molecule has 0 saturated carbocycles. The van der Waals surface area contributed by atoms with E-state index in [1.807, 2.05) is 10.8 Å². The fraction of sp³-hybridized carbons (Fsp3) is 0.714. The first-order valence-electron chi connectivity index (χ1n) is 6.71. The average Bonchev–Trinajstić information content (AvgIpc) is 2.75. The molecular formula is C14H26N4. The molecule has 1 rings (SSSR count). The molecule has 1 heterocycles. The number of nitrogens with one attached hydrogen (secondary N) is 1. The molecule has 0 bridgehead atoms. The van der Waals surface area contributed by atoms with Gasteiger partial charge in [0.1, 0.15) is 12.2 Å². The molecule has 0 aromatic carbocycles. The van der Waals surface area contributed by atoms with Crippen molar-refractivity contribution in [3.05, 3.63) is 24.8 Å². The zero-order valence-corrected chi connectivity index (χ0v) is 12.1. The van der Waals surface area contributed by atoms with Gasteiger partial charge in [0.05, 0.1) is 0 Å². The van der Waals surface area contributed by atoms with Crippen molar-refractivity contribution < 1.29 is 0 Å². The van der Waals surface area contributed by atoms with Gasteiger partial charge in [0, 0.05) is 24.9 Å². The van der Waals surface area contributed by atoms with Crippen LogP contribution in [0, 0.1) is 11.3 Å². The first kappa shape index (κ1) is 14.9. The maximum atomic E-state index is 4.34. The third-order valence-corrected chi connectivity index (χ3v) is 3.13. The van der Waals surface area contributed by atoms with E-state index >= 15 is 0 Å². The maximum absolute atomic E-state index is 4.34. The number of rotatable bonds is 8. The van der Waals surface area contributed by atoms with Crippen molar-refractivity contribution in [2.45, 2.75) is 40.7 Å². The summed E-state index contributed by atoms with van der Waals surface area (Å²) in [5.41, 5.74) is 0.0227. The highest BCUT2D eigenvalue weighted by Crippen LogP contribution is 2.22. The second-order valence-electron chi connectivity index (χ2n) is 5.55. The number of hydrogen-bond donors (Lipinski definition) is 1. The van der Waals surface area contributed by atoms with Crippen LogP contribution in [0.15, 0.2) is 19.0 Å². The van der Waals surface area contributed by atoms with Gasteiger partial charge in [-0.15, -0.1) is 6.58 Å². The van der Waals surface area contributed by atoms with Crippen LogP contribution in [-0.2, 0) is 13.0 Å². The summed E-state index contributed by atoms with van der Waals surface area (Å²) in [7, 11) is 0. The Hall–Kier alpha value is -1.16. The predicted molar refractivity (Wildman–Crippen MR) is 75.4 cm³/mol. The van der Waals surface area contributed by atoms with Crippen molar-refractivity contribution in [2.24, 2.45) is 11.3 Å². The summed E-state index contributed by atoms with van der Waals surface area (Å²) in [5.74, 6) is 1.70. The van der Waals surface area contributed by atoms with Gasteiger partial charge < -0.3 is 5.32 Å². The fourth-order valence-corrected chi connectivity index (χ4v) is 1.90. The first-order chi connectivity index (χ1) is 8.50. The molecule has 0 aliphatic heterocycles. The Morgan fingerprint density at radius 2 is 2.28 bits per heavy atom. The van der Waals surface area contributed by atoms with Crippen LogP contribution >= 0.6 is 0 Å². The Morgan fingerprint density at radius 3 is 2.83 bits per heavy atom. The van der Waals surface area contributed by atoms with E-state index in [-0.39, 0.29) is 5.41 Å². The minimum Gasteiger partial charge on any atom is -0.316 e. The molecule has 0 fully saturated rings. The van der Waals surface area contributed by atoms with Crippen molar-refractivity contribution in [3.8, 4) is 0 Å². The fourth-order valence-electron chi connectivity index (χ4n) is 1.90. The molecule has 4 nitrogen and oxygen atoms in total. The lowest BCUT2D eigenvalue weighted by molar-refractivity contribution is 0.363.